The quantitative estimate of drug-likeness (QED) is 0.410. The molecule has 1 saturated heterocycles. The Labute approximate surface area is 194 Å². The van der Waals surface area contributed by atoms with Crippen LogP contribution < -0.4 is 19.7 Å². The van der Waals surface area contributed by atoms with Crippen LogP contribution >= 0.6 is 0 Å². The molecule has 3 rings (SSSR count). The maximum absolute atomic E-state index is 12.1. The first kappa shape index (κ1) is 24.6. The number of sulfonamides is 1. The van der Waals surface area contributed by atoms with Crippen LogP contribution in [0.4, 0.5) is 17.1 Å². The summed E-state index contributed by atoms with van der Waals surface area (Å²) in [6.45, 7) is 3.98. The maximum atomic E-state index is 12.1. The zero-order chi connectivity index (χ0) is 24.0. The number of nitro benzene ring substituents is 1. The number of hydrogen-bond donors (Lipinski definition) is 1. The molecule has 1 fully saturated rings. The van der Waals surface area contributed by atoms with Gasteiger partial charge in [0.05, 0.1) is 24.9 Å². The third-order valence-corrected chi connectivity index (χ3v) is 7.60. The lowest BCUT2D eigenvalue weighted by atomic mass is 10.1. The fraction of sp³-hybridized carbons (Fsp3) is 0.455. The first-order chi connectivity index (χ1) is 15.8. The van der Waals surface area contributed by atoms with Gasteiger partial charge in [-0.15, -0.1) is 0 Å². The molecule has 0 radical (unpaired) electrons. The molecular weight excluding hydrogens is 448 g/mol. The van der Waals surface area contributed by atoms with Crippen molar-refractivity contribution in [3.8, 4) is 11.5 Å². The number of hydrogen-bond acceptors (Lipinski definition) is 8. The van der Waals surface area contributed by atoms with Crippen molar-refractivity contribution in [2.24, 2.45) is 0 Å². The molecule has 11 heteroatoms. The van der Waals surface area contributed by atoms with Crippen molar-refractivity contribution >= 4 is 27.1 Å². The lowest BCUT2D eigenvalue weighted by molar-refractivity contribution is -0.383. The smallest absolute Gasteiger partial charge is 0.292 e. The van der Waals surface area contributed by atoms with Crippen LogP contribution in [0, 0.1) is 10.1 Å². The molecule has 2 aromatic rings. The molecule has 180 valence electrons. The molecule has 1 N–H and O–H groups in total. The average molecular weight is 479 g/mol. The predicted octanol–water partition coefficient (Wildman–Crippen LogP) is 2.74. The van der Waals surface area contributed by atoms with Crippen LogP contribution in [-0.2, 0) is 16.4 Å². The van der Waals surface area contributed by atoms with E-state index < -0.39 is 14.9 Å². The highest BCUT2D eigenvalue weighted by molar-refractivity contribution is 7.89. The summed E-state index contributed by atoms with van der Waals surface area (Å²) in [4.78, 5) is 13.2. The van der Waals surface area contributed by atoms with Crippen LogP contribution in [0.15, 0.2) is 36.4 Å². The van der Waals surface area contributed by atoms with Crippen LogP contribution in [0.25, 0.3) is 0 Å². The summed E-state index contributed by atoms with van der Waals surface area (Å²) in [5.74, 6) is 1.36. The van der Waals surface area contributed by atoms with E-state index in [0.717, 1.165) is 11.3 Å². The Morgan fingerprint density at radius 1 is 1.03 bits per heavy atom. The van der Waals surface area contributed by atoms with Crippen molar-refractivity contribution in [1.82, 2.24) is 4.31 Å². The molecule has 1 aliphatic heterocycles. The van der Waals surface area contributed by atoms with Crippen molar-refractivity contribution < 1.29 is 22.8 Å². The molecule has 0 saturated carbocycles. The summed E-state index contributed by atoms with van der Waals surface area (Å²) in [6.07, 6.45) is 0.634. The van der Waals surface area contributed by atoms with E-state index in [2.05, 4.69) is 5.32 Å². The molecule has 1 heterocycles. The number of nitrogens with zero attached hydrogens (tertiary/aromatic N) is 3. The molecule has 0 unspecified atom stereocenters. The molecule has 10 nitrogen and oxygen atoms in total. The minimum Gasteiger partial charge on any atom is -0.493 e. The van der Waals surface area contributed by atoms with Gasteiger partial charge in [0.15, 0.2) is 11.5 Å². The fourth-order valence-electron chi connectivity index (χ4n) is 3.81. The van der Waals surface area contributed by atoms with E-state index in [-0.39, 0.29) is 11.4 Å². The first-order valence-corrected chi connectivity index (χ1v) is 12.4. The van der Waals surface area contributed by atoms with Crippen LogP contribution in [0.5, 0.6) is 11.5 Å². The molecule has 2 aromatic carbocycles. The molecule has 0 bridgehead atoms. The van der Waals surface area contributed by atoms with Crippen LogP contribution in [0.2, 0.25) is 0 Å². The van der Waals surface area contributed by atoms with Gasteiger partial charge in [0.25, 0.3) is 5.69 Å². The first-order valence-electron chi connectivity index (χ1n) is 10.7. The molecule has 0 spiro atoms. The van der Waals surface area contributed by atoms with Crippen molar-refractivity contribution in [3.63, 3.8) is 0 Å². The highest BCUT2D eigenvalue weighted by Gasteiger charge is 2.26. The summed E-state index contributed by atoms with van der Waals surface area (Å²) in [7, 11) is -0.0599. The highest BCUT2D eigenvalue weighted by atomic mass is 32.2. The molecule has 0 amide bonds. The van der Waals surface area contributed by atoms with Crippen LogP contribution in [0.1, 0.15) is 12.5 Å². The van der Waals surface area contributed by atoms with E-state index >= 15 is 0 Å². The Morgan fingerprint density at radius 3 is 2.33 bits per heavy atom. The van der Waals surface area contributed by atoms with Gasteiger partial charge >= 0.3 is 0 Å². The van der Waals surface area contributed by atoms with Crippen LogP contribution in [0.3, 0.4) is 0 Å². The number of benzene rings is 2. The van der Waals surface area contributed by atoms with Crippen molar-refractivity contribution in [3.05, 3.63) is 52.1 Å². The molecular formula is C22H30N4O6S. The summed E-state index contributed by atoms with van der Waals surface area (Å²) in [5.41, 5.74) is 2.26. The molecule has 0 aliphatic carbocycles. The van der Waals surface area contributed by atoms with E-state index in [1.165, 1.54) is 10.4 Å². The third kappa shape index (κ3) is 5.85. The number of anilines is 2. The van der Waals surface area contributed by atoms with Gasteiger partial charge < -0.3 is 19.7 Å². The number of piperazine rings is 1. The second-order valence-corrected chi connectivity index (χ2v) is 9.87. The van der Waals surface area contributed by atoms with Crippen LogP contribution in [-0.4, -0.2) is 70.3 Å². The summed E-state index contributed by atoms with van der Waals surface area (Å²) < 4.78 is 36.3. The molecule has 1 aliphatic rings. The lowest BCUT2D eigenvalue weighted by Gasteiger charge is -2.35. The van der Waals surface area contributed by atoms with Gasteiger partial charge in [0, 0.05) is 44.5 Å². The van der Waals surface area contributed by atoms with Gasteiger partial charge in [0.1, 0.15) is 5.69 Å². The molecule has 0 aromatic heterocycles. The minimum absolute atomic E-state index is 0.00161. The third-order valence-electron chi connectivity index (χ3n) is 5.72. The van der Waals surface area contributed by atoms with Gasteiger partial charge in [-0.25, -0.2) is 8.42 Å². The van der Waals surface area contributed by atoms with E-state index in [1.807, 2.05) is 23.1 Å². The van der Waals surface area contributed by atoms with Crippen molar-refractivity contribution in [2.45, 2.75) is 13.3 Å². The topological polar surface area (TPSA) is 114 Å². The number of rotatable bonds is 10. The Balaban J connectivity index is 1.69. The average Bonchev–Trinajstić information content (AvgIpc) is 2.83. The lowest BCUT2D eigenvalue weighted by Crippen LogP contribution is -2.49. The normalized spacial score (nSPS) is 14.7. The predicted molar refractivity (Wildman–Crippen MR) is 128 cm³/mol. The molecule has 33 heavy (non-hydrogen) atoms. The number of nitro groups is 1. The Morgan fingerprint density at radius 2 is 1.73 bits per heavy atom. The van der Waals surface area contributed by atoms with Gasteiger partial charge in [-0.2, -0.15) is 4.31 Å². The SMILES string of the molecule is CCS(=O)(=O)N1CCN(c2ccc([N+](=O)[O-])c(NCCc3ccc(OC)c(OC)c3)c2)CC1. The standard InChI is InChI=1S/C22H30N4O6S/c1-4-33(29,30)25-13-11-24(12-14-25)18-6-7-20(26(27)28)19(16-18)23-10-9-17-5-8-21(31-2)22(15-17)32-3/h5-8,15-16,23H,4,9-14H2,1-3H3. The van der Waals surface area contributed by atoms with Crippen molar-refractivity contribution in [1.29, 1.82) is 0 Å². The fourth-order valence-corrected chi connectivity index (χ4v) is 4.89. The Hall–Kier alpha value is -3.05. The zero-order valence-electron chi connectivity index (χ0n) is 19.1. The zero-order valence-corrected chi connectivity index (χ0v) is 19.9. The van der Waals surface area contributed by atoms with E-state index in [4.69, 9.17) is 9.47 Å². The molecule has 0 atom stereocenters. The number of nitrogens with one attached hydrogen (secondary N) is 1. The summed E-state index contributed by atoms with van der Waals surface area (Å²) in [6, 6.07) is 10.6. The summed E-state index contributed by atoms with van der Waals surface area (Å²) in [5, 5.41) is 14.7. The minimum atomic E-state index is -3.21. The van der Waals surface area contributed by atoms with E-state index in [0.29, 0.717) is 56.3 Å². The Bertz CT molecular complexity index is 1080. The number of methoxy groups -OCH3 is 2. The second kappa shape index (κ2) is 10.7. The highest BCUT2D eigenvalue weighted by Crippen LogP contribution is 2.31. The Kier molecular flexibility index (Phi) is 7.98. The largest absolute Gasteiger partial charge is 0.493 e. The number of ether oxygens (including phenoxy) is 2. The second-order valence-electron chi connectivity index (χ2n) is 7.61. The van der Waals surface area contributed by atoms with Crippen molar-refractivity contribution in [2.75, 3.05) is 62.9 Å². The van der Waals surface area contributed by atoms with Gasteiger partial charge in [-0.3, -0.25) is 10.1 Å². The van der Waals surface area contributed by atoms with Gasteiger partial charge in [-0.1, -0.05) is 6.07 Å². The monoisotopic (exact) mass is 478 g/mol. The van der Waals surface area contributed by atoms with Gasteiger partial charge in [0.2, 0.25) is 10.0 Å². The maximum Gasteiger partial charge on any atom is 0.292 e. The van der Waals surface area contributed by atoms with E-state index in [9.17, 15) is 18.5 Å². The summed E-state index contributed by atoms with van der Waals surface area (Å²) >= 11 is 0. The van der Waals surface area contributed by atoms with E-state index in [1.54, 1.807) is 33.3 Å². The van der Waals surface area contributed by atoms with Gasteiger partial charge in [-0.05, 0) is 43.2 Å².